The van der Waals surface area contributed by atoms with Crippen LogP contribution >= 0.6 is 0 Å². The van der Waals surface area contributed by atoms with Crippen LogP contribution in [-0.2, 0) is 11.3 Å². The molecule has 6 rings (SSSR count). The number of nitrogens with one attached hydrogen (secondary N) is 2. The molecule has 2 saturated heterocycles. The zero-order chi connectivity index (χ0) is 26.7. The van der Waals surface area contributed by atoms with Crippen LogP contribution in [0.1, 0.15) is 13.3 Å². The molecule has 0 saturated carbocycles. The molecule has 0 spiro atoms. The average Bonchev–Trinajstić information content (AvgIpc) is 3.46. The molecule has 2 fully saturated rings. The van der Waals surface area contributed by atoms with E-state index in [9.17, 15) is 8.78 Å². The first-order chi connectivity index (χ1) is 18.2. The van der Waals surface area contributed by atoms with Crippen molar-refractivity contribution in [1.29, 1.82) is 0 Å². The number of pyridine rings is 1. The van der Waals surface area contributed by atoms with Crippen molar-refractivity contribution in [2.24, 2.45) is 0 Å². The van der Waals surface area contributed by atoms with E-state index < -0.39 is 24.9 Å². The van der Waals surface area contributed by atoms with Gasteiger partial charge in [0.1, 0.15) is 17.6 Å². The van der Waals surface area contributed by atoms with Gasteiger partial charge in [-0.25, -0.2) is 31.7 Å². The Hall–Kier alpha value is -3.59. The number of ether oxygens (including phenoxy) is 1. The van der Waals surface area contributed by atoms with Gasteiger partial charge in [0.15, 0.2) is 11.5 Å². The van der Waals surface area contributed by atoms with Crippen LogP contribution < -0.4 is 10.6 Å². The van der Waals surface area contributed by atoms with E-state index >= 15 is 8.78 Å². The summed E-state index contributed by atoms with van der Waals surface area (Å²) < 4.78 is 64.0. The fourth-order valence-electron chi connectivity index (χ4n) is 5.04. The predicted molar refractivity (Wildman–Crippen MR) is 131 cm³/mol. The van der Waals surface area contributed by atoms with Gasteiger partial charge in [0.05, 0.1) is 37.0 Å². The highest BCUT2D eigenvalue weighted by molar-refractivity contribution is 5.89. The highest BCUT2D eigenvalue weighted by Gasteiger charge is 2.51. The minimum atomic E-state index is -2.99. The highest BCUT2D eigenvalue weighted by Crippen LogP contribution is 2.36. The first-order valence-electron chi connectivity index (χ1n) is 12.2. The van der Waals surface area contributed by atoms with Crippen LogP contribution in [0.15, 0.2) is 24.4 Å². The Bertz CT molecular complexity index is 1480. The van der Waals surface area contributed by atoms with Gasteiger partial charge in [-0.3, -0.25) is 4.90 Å². The second kappa shape index (κ2) is 9.01. The summed E-state index contributed by atoms with van der Waals surface area (Å²) in [6.07, 6.45) is -0.720. The Kier molecular flexibility index (Phi) is 5.86. The fraction of sp³-hybridized carbons (Fsp3) is 0.522. The minimum absolute atomic E-state index is 0.0583. The Balaban J connectivity index is 1.29. The van der Waals surface area contributed by atoms with E-state index in [4.69, 9.17) is 4.74 Å². The molecule has 1 unspecified atom stereocenters. The van der Waals surface area contributed by atoms with Gasteiger partial charge in [-0.2, -0.15) is 4.98 Å². The van der Waals surface area contributed by atoms with E-state index in [1.54, 1.807) is 36.3 Å². The summed E-state index contributed by atoms with van der Waals surface area (Å²) in [6.45, 7) is 2.36. The number of likely N-dealkylation sites (tertiary alicyclic amines) is 1. The van der Waals surface area contributed by atoms with Crippen molar-refractivity contribution in [3.63, 3.8) is 0 Å². The standard InChI is InChI=1S/C23H26F4N10O/c1-22(11-38-12-22)35-7-6-16(23(26,27)10-35)30-21-31-19(28-2)18-13(5-8-36(18)33-21)14-3-4-15-20(29-14)37(34-32-15)9-17(24)25/h3-5,8,16-17H,6-7,9-12H2,1-2H3,(H2,28,30,31,33). The summed E-state index contributed by atoms with van der Waals surface area (Å²) in [5.74, 6) is -2.54. The number of piperidine rings is 1. The lowest BCUT2D eigenvalue weighted by Gasteiger charge is -2.51. The maximum Gasteiger partial charge on any atom is 0.280 e. The molecule has 0 radical (unpaired) electrons. The summed E-state index contributed by atoms with van der Waals surface area (Å²) in [5.41, 5.74) is 1.92. The average molecular weight is 535 g/mol. The Labute approximate surface area is 214 Å². The normalized spacial score (nSPS) is 21.2. The van der Waals surface area contributed by atoms with Gasteiger partial charge >= 0.3 is 0 Å². The van der Waals surface area contributed by atoms with E-state index in [-0.39, 0.29) is 30.1 Å². The molecule has 2 aliphatic rings. The van der Waals surface area contributed by atoms with Crippen molar-refractivity contribution in [3.8, 4) is 11.3 Å². The lowest BCUT2D eigenvalue weighted by molar-refractivity contribution is -0.174. The van der Waals surface area contributed by atoms with E-state index in [1.165, 1.54) is 4.52 Å². The monoisotopic (exact) mass is 534 g/mol. The molecule has 2 N–H and O–H groups in total. The van der Waals surface area contributed by atoms with E-state index in [1.807, 2.05) is 6.92 Å². The van der Waals surface area contributed by atoms with Crippen LogP contribution in [-0.4, -0.2) is 96.8 Å². The van der Waals surface area contributed by atoms with Crippen molar-refractivity contribution < 1.29 is 22.3 Å². The van der Waals surface area contributed by atoms with Crippen molar-refractivity contribution in [1.82, 2.24) is 39.5 Å². The lowest BCUT2D eigenvalue weighted by Crippen LogP contribution is -2.67. The zero-order valence-electron chi connectivity index (χ0n) is 20.7. The molecule has 0 amide bonds. The molecule has 6 heterocycles. The molecule has 38 heavy (non-hydrogen) atoms. The minimum Gasteiger partial charge on any atom is -0.377 e. The van der Waals surface area contributed by atoms with Gasteiger partial charge in [-0.15, -0.1) is 10.2 Å². The lowest BCUT2D eigenvalue weighted by atomic mass is 9.91. The topological polar surface area (TPSA) is 110 Å². The second-order valence-electron chi connectivity index (χ2n) is 9.92. The van der Waals surface area contributed by atoms with Gasteiger partial charge in [-0.1, -0.05) is 5.21 Å². The molecule has 4 aromatic rings. The summed E-state index contributed by atoms with van der Waals surface area (Å²) in [6, 6.07) is 3.97. The van der Waals surface area contributed by atoms with Crippen LogP contribution in [0.5, 0.6) is 0 Å². The summed E-state index contributed by atoms with van der Waals surface area (Å²) >= 11 is 0. The molecule has 4 aromatic heterocycles. The molecule has 202 valence electrons. The molecule has 1 atom stereocenters. The van der Waals surface area contributed by atoms with Gasteiger partial charge in [0, 0.05) is 25.4 Å². The number of aromatic nitrogens is 7. The third-order valence-electron chi connectivity index (χ3n) is 7.19. The summed E-state index contributed by atoms with van der Waals surface area (Å²) in [5, 5.41) is 17.9. The number of alkyl halides is 4. The van der Waals surface area contributed by atoms with Crippen LogP contribution in [0.25, 0.3) is 27.9 Å². The molecular formula is C23H26F4N10O. The van der Waals surface area contributed by atoms with Gasteiger partial charge < -0.3 is 15.4 Å². The first kappa shape index (κ1) is 24.7. The number of anilines is 2. The molecule has 0 aromatic carbocycles. The third kappa shape index (κ3) is 4.18. The Morgan fingerprint density at radius 2 is 2.00 bits per heavy atom. The van der Waals surface area contributed by atoms with Crippen LogP contribution in [0, 0.1) is 0 Å². The van der Waals surface area contributed by atoms with Gasteiger partial charge in [0.2, 0.25) is 5.95 Å². The van der Waals surface area contributed by atoms with Crippen molar-refractivity contribution in [2.45, 2.75) is 43.8 Å². The SMILES string of the molecule is CNc1nc(NC2CCN(C3(C)COC3)CC2(F)F)nn2ccc(-c3ccc4nnn(CC(F)F)c4n3)c12. The Morgan fingerprint density at radius 3 is 2.68 bits per heavy atom. The zero-order valence-corrected chi connectivity index (χ0v) is 20.7. The van der Waals surface area contributed by atoms with E-state index in [0.29, 0.717) is 47.9 Å². The van der Waals surface area contributed by atoms with Crippen LogP contribution in [0.2, 0.25) is 0 Å². The first-order valence-corrected chi connectivity index (χ1v) is 12.2. The maximum absolute atomic E-state index is 15.1. The van der Waals surface area contributed by atoms with Crippen molar-refractivity contribution in [3.05, 3.63) is 24.4 Å². The molecule has 15 heteroatoms. The fourth-order valence-corrected chi connectivity index (χ4v) is 5.04. The quantitative estimate of drug-likeness (QED) is 0.346. The van der Waals surface area contributed by atoms with E-state index in [2.05, 4.69) is 36.0 Å². The molecule has 0 bridgehead atoms. The van der Waals surface area contributed by atoms with Crippen LogP contribution in [0.4, 0.5) is 29.3 Å². The number of hydrogen-bond acceptors (Lipinski definition) is 9. The smallest absolute Gasteiger partial charge is 0.280 e. The molecule has 2 aliphatic heterocycles. The van der Waals surface area contributed by atoms with E-state index in [0.717, 1.165) is 4.68 Å². The van der Waals surface area contributed by atoms with Gasteiger partial charge in [0.25, 0.3) is 12.3 Å². The predicted octanol–water partition coefficient (Wildman–Crippen LogP) is 2.75. The van der Waals surface area contributed by atoms with Gasteiger partial charge in [-0.05, 0) is 31.5 Å². The third-order valence-corrected chi connectivity index (χ3v) is 7.19. The van der Waals surface area contributed by atoms with Crippen LogP contribution in [0.3, 0.4) is 0 Å². The maximum atomic E-state index is 15.1. The number of fused-ring (bicyclic) bond motifs is 2. The molecular weight excluding hydrogens is 508 g/mol. The number of halogens is 4. The summed E-state index contributed by atoms with van der Waals surface area (Å²) in [4.78, 5) is 10.8. The second-order valence-corrected chi connectivity index (χ2v) is 9.92. The molecule has 11 nitrogen and oxygen atoms in total. The Morgan fingerprint density at radius 1 is 1.18 bits per heavy atom. The highest BCUT2D eigenvalue weighted by atomic mass is 19.3. The summed E-state index contributed by atoms with van der Waals surface area (Å²) in [7, 11) is 1.66. The number of hydrogen-bond donors (Lipinski definition) is 2. The van der Waals surface area contributed by atoms with Crippen molar-refractivity contribution >= 4 is 28.4 Å². The largest absolute Gasteiger partial charge is 0.377 e. The molecule has 0 aliphatic carbocycles. The number of rotatable bonds is 7. The number of nitrogens with zero attached hydrogens (tertiary/aromatic N) is 8. The van der Waals surface area contributed by atoms with Crippen molar-refractivity contribution in [2.75, 3.05) is 44.0 Å².